The highest BCUT2D eigenvalue weighted by molar-refractivity contribution is 6.02. The van der Waals surface area contributed by atoms with Crippen LogP contribution in [0.4, 0.5) is 10.1 Å². The SMILES string of the molecule is COc1ccc(C)cc1/C=C/C(=O)Nc1ccc(-n2ccnc2)c(F)c1. The van der Waals surface area contributed by atoms with Crippen molar-refractivity contribution in [3.8, 4) is 11.4 Å². The van der Waals surface area contributed by atoms with Gasteiger partial charge in [0, 0.05) is 29.7 Å². The summed E-state index contributed by atoms with van der Waals surface area (Å²) < 4.78 is 21.1. The van der Waals surface area contributed by atoms with E-state index in [1.807, 2.05) is 25.1 Å². The van der Waals surface area contributed by atoms with Crippen molar-refractivity contribution in [2.24, 2.45) is 0 Å². The fourth-order valence-electron chi connectivity index (χ4n) is 2.53. The number of aryl methyl sites for hydroxylation is 1. The number of anilines is 1. The molecule has 132 valence electrons. The molecule has 5 nitrogen and oxygen atoms in total. The normalized spacial score (nSPS) is 10.9. The minimum atomic E-state index is -0.454. The summed E-state index contributed by atoms with van der Waals surface area (Å²) in [5.74, 6) is -0.135. The number of ether oxygens (including phenoxy) is 1. The molecule has 26 heavy (non-hydrogen) atoms. The molecular weight excluding hydrogens is 333 g/mol. The van der Waals surface area contributed by atoms with E-state index in [2.05, 4.69) is 10.3 Å². The summed E-state index contributed by atoms with van der Waals surface area (Å²) in [6.07, 6.45) is 7.78. The third kappa shape index (κ3) is 3.97. The van der Waals surface area contributed by atoms with Crippen molar-refractivity contribution in [1.29, 1.82) is 0 Å². The Hall–Kier alpha value is -3.41. The fourth-order valence-corrected chi connectivity index (χ4v) is 2.53. The van der Waals surface area contributed by atoms with E-state index in [-0.39, 0.29) is 5.91 Å². The predicted molar refractivity (Wildman–Crippen MR) is 98.9 cm³/mol. The van der Waals surface area contributed by atoms with Gasteiger partial charge < -0.3 is 14.6 Å². The molecule has 1 N–H and O–H groups in total. The lowest BCUT2D eigenvalue weighted by Gasteiger charge is -2.08. The van der Waals surface area contributed by atoms with Crippen LogP contribution in [0.1, 0.15) is 11.1 Å². The first-order chi connectivity index (χ1) is 12.6. The average Bonchev–Trinajstić information content (AvgIpc) is 3.14. The number of hydrogen-bond donors (Lipinski definition) is 1. The predicted octanol–water partition coefficient (Wildman–Crippen LogP) is 3.98. The third-order valence-electron chi connectivity index (χ3n) is 3.80. The van der Waals surface area contributed by atoms with Gasteiger partial charge in [-0.2, -0.15) is 0 Å². The lowest BCUT2D eigenvalue weighted by Crippen LogP contribution is -2.08. The molecule has 0 aliphatic heterocycles. The highest BCUT2D eigenvalue weighted by Gasteiger charge is 2.07. The summed E-state index contributed by atoms with van der Waals surface area (Å²) in [7, 11) is 1.58. The zero-order chi connectivity index (χ0) is 18.5. The van der Waals surface area contributed by atoms with Crippen LogP contribution in [-0.4, -0.2) is 22.6 Å². The quantitative estimate of drug-likeness (QED) is 0.708. The Kier molecular flexibility index (Phi) is 5.12. The number of nitrogens with zero attached hydrogens (tertiary/aromatic N) is 2. The minimum Gasteiger partial charge on any atom is -0.496 e. The van der Waals surface area contributed by atoms with Crippen molar-refractivity contribution in [3.63, 3.8) is 0 Å². The summed E-state index contributed by atoms with van der Waals surface area (Å²) >= 11 is 0. The average molecular weight is 351 g/mol. The standard InChI is InChI=1S/C20H18FN3O2/c1-14-3-7-19(26-2)15(11-14)4-8-20(25)23-16-5-6-18(17(21)12-16)24-10-9-22-13-24/h3-13H,1-2H3,(H,23,25)/b8-4+. The molecule has 1 aromatic heterocycles. The van der Waals surface area contributed by atoms with Crippen LogP contribution in [-0.2, 0) is 4.79 Å². The lowest BCUT2D eigenvalue weighted by atomic mass is 10.1. The first-order valence-electron chi connectivity index (χ1n) is 7.98. The Balaban J connectivity index is 1.72. The zero-order valence-electron chi connectivity index (χ0n) is 14.4. The minimum absolute atomic E-state index is 0.358. The maximum atomic E-state index is 14.2. The number of carbonyl (C=O) groups excluding carboxylic acids is 1. The van der Waals surface area contributed by atoms with Crippen molar-refractivity contribution < 1.29 is 13.9 Å². The van der Waals surface area contributed by atoms with Gasteiger partial charge in [-0.3, -0.25) is 4.79 Å². The maximum absolute atomic E-state index is 14.2. The van der Waals surface area contributed by atoms with Gasteiger partial charge in [-0.25, -0.2) is 9.37 Å². The highest BCUT2D eigenvalue weighted by Crippen LogP contribution is 2.21. The van der Waals surface area contributed by atoms with Crippen LogP contribution in [0.5, 0.6) is 5.75 Å². The number of aromatic nitrogens is 2. The van der Waals surface area contributed by atoms with E-state index in [0.717, 1.165) is 11.1 Å². The second-order valence-corrected chi connectivity index (χ2v) is 5.70. The number of benzene rings is 2. The van der Waals surface area contributed by atoms with E-state index in [1.54, 1.807) is 42.3 Å². The summed E-state index contributed by atoms with van der Waals surface area (Å²) in [4.78, 5) is 16.0. The van der Waals surface area contributed by atoms with Gasteiger partial charge in [-0.05, 0) is 43.3 Å². The molecule has 0 fully saturated rings. The molecule has 2 aromatic carbocycles. The molecule has 0 bridgehead atoms. The second kappa shape index (κ2) is 7.65. The highest BCUT2D eigenvalue weighted by atomic mass is 19.1. The van der Waals surface area contributed by atoms with Crippen molar-refractivity contribution in [3.05, 3.63) is 78.1 Å². The van der Waals surface area contributed by atoms with E-state index >= 15 is 0 Å². The number of hydrogen-bond acceptors (Lipinski definition) is 3. The van der Waals surface area contributed by atoms with Gasteiger partial charge in [0.25, 0.3) is 0 Å². The van der Waals surface area contributed by atoms with Crippen LogP contribution in [0.2, 0.25) is 0 Å². The number of imidazole rings is 1. The number of rotatable bonds is 5. The molecule has 0 unspecified atom stereocenters. The first-order valence-corrected chi connectivity index (χ1v) is 7.98. The van der Waals surface area contributed by atoms with E-state index < -0.39 is 5.82 Å². The monoisotopic (exact) mass is 351 g/mol. The van der Waals surface area contributed by atoms with Gasteiger partial charge in [-0.15, -0.1) is 0 Å². The summed E-state index contributed by atoms with van der Waals surface area (Å²) in [5, 5.41) is 2.65. The van der Waals surface area contributed by atoms with Crippen molar-refractivity contribution in [2.45, 2.75) is 6.92 Å². The Morgan fingerprint density at radius 1 is 1.27 bits per heavy atom. The van der Waals surface area contributed by atoms with Crippen molar-refractivity contribution >= 4 is 17.7 Å². The molecule has 6 heteroatoms. The van der Waals surface area contributed by atoms with Crippen LogP contribution >= 0.6 is 0 Å². The fraction of sp³-hybridized carbons (Fsp3) is 0.100. The van der Waals surface area contributed by atoms with Crippen LogP contribution < -0.4 is 10.1 Å². The van der Waals surface area contributed by atoms with Crippen molar-refractivity contribution in [1.82, 2.24) is 9.55 Å². The van der Waals surface area contributed by atoms with Crippen LogP contribution in [0.25, 0.3) is 11.8 Å². The maximum Gasteiger partial charge on any atom is 0.248 e. The van der Waals surface area contributed by atoms with Crippen LogP contribution in [0, 0.1) is 12.7 Å². The van der Waals surface area contributed by atoms with E-state index in [4.69, 9.17) is 4.74 Å². The summed E-state index contributed by atoms with van der Waals surface area (Å²) in [6, 6.07) is 10.2. The topological polar surface area (TPSA) is 56.1 Å². The molecule has 0 saturated carbocycles. The molecule has 0 spiro atoms. The van der Waals surface area contributed by atoms with Gasteiger partial charge >= 0.3 is 0 Å². The van der Waals surface area contributed by atoms with E-state index in [9.17, 15) is 9.18 Å². The van der Waals surface area contributed by atoms with Crippen LogP contribution in [0.15, 0.2) is 61.2 Å². The summed E-state index contributed by atoms with van der Waals surface area (Å²) in [6.45, 7) is 1.96. The number of amides is 1. The van der Waals surface area contributed by atoms with E-state index in [0.29, 0.717) is 17.1 Å². The third-order valence-corrected chi connectivity index (χ3v) is 3.80. The van der Waals surface area contributed by atoms with Gasteiger partial charge in [0.1, 0.15) is 11.6 Å². The molecule has 3 aromatic rings. The molecule has 0 aliphatic rings. The zero-order valence-corrected chi connectivity index (χ0v) is 14.4. The molecule has 1 heterocycles. The van der Waals surface area contributed by atoms with Crippen molar-refractivity contribution in [2.75, 3.05) is 12.4 Å². The molecule has 0 aliphatic carbocycles. The van der Waals surface area contributed by atoms with E-state index in [1.165, 1.54) is 18.5 Å². The molecule has 0 atom stereocenters. The Labute approximate surface area is 150 Å². The number of halogens is 1. The number of methoxy groups -OCH3 is 1. The first kappa shape index (κ1) is 17.4. The van der Waals surface area contributed by atoms with Crippen LogP contribution in [0.3, 0.4) is 0 Å². The smallest absolute Gasteiger partial charge is 0.248 e. The van der Waals surface area contributed by atoms with Gasteiger partial charge in [-0.1, -0.05) is 11.6 Å². The van der Waals surface area contributed by atoms with Gasteiger partial charge in [0.05, 0.1) is 19.1 Å². The number of carbonyl (C=O) groups is 1. The summed E-state index contributed by atoms with van der Waals surface area (Å²) in [5.41, 5.74) is 2.59. The largest absolute Gasteiger partial charge is 0.496 e. The van der Waals surface area contributed by atoms with Gasteiger partial charge in [0.2, 0.25) is 5.91 Å². The molecule has 0 radical (unpaired) electrons. The number of nitrogens with one attached hydrogen (secondary N) is 1. The van der Waals surface area contributed by atoms with Gasteiger partial charge in [0.15, 0.2) is 0 Å². The lowest BCUT2D eigenvalue weighted by molar-refractivity contribution is -0.111. The molecule has 3 rings (SSSR count). The molecular formula is C20H18FN3O2. The second-order valence-electron chi connectivity index (χ2n) is 5.70. The molecule has 0 saturated heterocycles. The Morgan fingerprint density at radius 2 is 2.12 bits per heavy atom. The Bertz CT molecular complexity index is 950. The Morgan fingerprint density at radius 3 is 2.81 bits per heavy atom. The molecule has 1 amide bonds.